The number of nitrogens with zero attached hydrogens (tertiary/aromatic N) is 4. The van der Waals surface area contributed by atoms with Crippen molar-refractivity contribution in [3.63, 3.8) is 0 Å². The van der Waals surface area contributed by atoms with Crippen LogP contribution >= 0.6 is 44.5 Å². The molecule has 0 aliphatic heterocycles. The number of carbonyl (C=O) groups excluding carboxylic acids is 2. The Morgan fingerprint density at radius 1 is 0.750 bits per heavy atom. The molecule has 4 aromatic heterocycles. The fourth-order valence-corrected chi connectivity index (χ4v) is 5.19. The van der Waals surface area contributed by atoms with Crippen LogP contribution in [0.15, 0.2) is 106 Å². The molecule has 0 spiro atoms. The van der Waals surface area contributed by atoms with E-state index in [1.54, 1.807) is 44.8 Å². The summed E-state index contributed by atoms with van der Waals surface area (Å²) in [5.74, 6) is -0.282. The number of ketones is 1. The second-order valence-corrected chi connectivity index (χ2v) is 12.3. The molecule has 13 heteroatoms. The van der Waals surface area contributed by atoms with Gasteiger partial charge in [-0.25, -0.2) is 4.79 Å². The maximum Gasteiger partial charge on any atom is 1.00 e. The van der Waals surface area contributed by atoms with Crippen molar-refractivity contribution in [1.82, 2.24) is 19.9 Å². The van der Waals surface area contributed by atoms with Crippen LogP contribution < -0.4 is 51.4 Å². The number of thiol groups is 1. The van der Waals surface area contributed by atoms with Gasteiger partial charge in [0.1, 0.15) is 0 Å². The maximum atomic E-state index is 12.5. The third kappa shape index (κ3) is 15.5. The zero-order valence-corrected chi connectivity index (χ0v) is 36.3. The Hall–Kier alpha value is -2.43. The first kappa shape index (κ1) is 45.7. The minimum absolute atomic E-state index is 0. The van der Waals surface area contributed by atoms with E-state index in [0.29, 0.717) is 24.3 Å². The number of carbonyl (C=O) groups is 2. The van der Waals surface area contributed by atoms with Gasteiger partial charge in [0.05, 0.1) is 54.4 Å². The number of esters is 1. The van der Waals surface area contributed by atoms with Crippen LogP contribution in [0.3, 0.4) is 0 Å². The number of pyridine rings is 4. The van der Waals surface area contributed by atoms with Gasteiger partial charge >= 0.3 is 57.4 Å². The molecule has 2 aromatic carbocycles. The van der Waals surface area contributed by atoms with Crippen LogP contribution in [0.4, 0.5) is 0 Å². The van der Waals surface area contributed by atoms with Crippen LogP contribution in [0.25, 0.3) is 22.1 Å². The minimum Gasteiger partial charge on any atom is -1.00 e. The second kappa shape index (κ2) is 25.6. The summed E-state index contributed by atoms with van der Waals surface area (Å²) in [6.45, 7) is 2.97. The first-order chi connectivity index (χ1) is 24.6. The number of rotatable bonds is 8. The van der Waals surface area contributed by atoms with E-state index < -0.39 is 0 Å². The standard InChI is InChI=1S/C18H15BrN2O2.C10H12O3.C9H7BrN2.CH4S.CH4.K.H/c1-23-11-12-3-2-4-13(7-12)18(22)9-15-5-6-16-17(21-15)8-14(19)10-20-16;1-12-7-8-4-3-5-9(6-8)10(11)13-2;1-6-2-3-8-9(12-6)4-7(10)5-11-8;1-2;;;/h2-8,10H,9,11H2,1H3;3-6H,7H2,1-2H3;2-5H,1H3;2H,1H3;1H4;;/q;;;;;+1;-1/i;;;1D;;;. The number of ether oxygens (including phenoxy) is 3. The molecule has 52 heavy (non-hydrogen) atoms. The fraction of sp³-hybridized carbons (Fsp3) is 0.231. The minimum atomic E-state index is -0.321. The molecule has 0 fully saturated rings. The van der Waals surface area contributed by atoms with Crippen LogP contribution in [0.2, 0.25) is 0 Å². The second-order valence-electron chi connectivity index (χ2n) is 10.5. The SMILES string of the molecule is C.COCc1cccc(C(=O)Cc2ccc3ncc(Br)cc3n2)c1.COCc1cccc(C(=O)OC)c1.Cc1ccc2ncc(Br)cc2n1.[2H]CS.[H-].[K+]. The smallest absolute Gasteiger partial charge is 1.00 e. The normalized spacial score (nSPS) is 10.0. The number of Topliss-reactive ketones (excluding diaryl/α,β-unsaturated/α-hetero) is 1. The van der Waals surface area contributed by atoms with Crippen molar-refractivity contribution in [2.75, 3.05) is 27.6 Å². The van der Waals surface area contributed by atoms with Crippen molar-refractivity contribution < 1.29 is 78.0 Å². The Kier molecular flexibility index (Phi) is 22.5. The van der Waals surface area contributed by atoms with E-state index in [1.807, 2.05) is 73.7 Å². The number of halogens is 2. The van der Waals surface area contributed by atoms with Gasteiger partial charge in [-0.15, -0.1) is 0 Å². The summed E-state index contributed by atoms with van der Waals surface area (Å²) in [6, 6.07) is 26.2. The number of aryl methyl sites for hydroxylation is 1. The van der Waals surface area contributed by atoms with E-state index in [1.165, 1.54) is 7.11 Å². The number of fused-ring (bicyclic) bond motifs is 2. The predicted molar refractivity (Wildman–Crippen MR) is 216 cm³/mol. The predicted octanol–water partition coefficient (Wildman–Crippen LogP) is 6.58. The Labute approximate surface area is 373 Å². The van der Waals surface area contributed by atoms with Crippen molar-refractivity contribution >= 4 is 78.3 Å². The first-order valence-electron chi connectivity index (χ1n) is 15.8. The molecule has 6 rings (SSSR count). The maximum absolute atomic E-state index is 12.5. The fourth-order valence-electron chi connectivity index (χ4n) is 4.55. The average Bonchev–Trinajstić information content (AvgIpc) is 3.12. The third-order valence-electron chi connectivity index (χ3n) is 6.77. The van der Waals surface area contributed by atoms with E-state index in [0.717, 1.165) is 53.5 Å². The average molecular weight is 880 g/mol. The van der Waals surface area contributed by atoms with Crippen molar-refractivity contribution in [1.29, 1.82) is 0 Å². The van der Waals surface area contributed by atoms with E-state index >= 15 is 0 Å². The molecule has 0 saturated carbocycles. The van der Waals surface area contributed by atoms with Gasteiger partial charge in [0.15, 0.2) is 5.78 Å². The molecule has 0 aliphatic carbocycles. The monoisotopic (exact) mass is 877 g/mol. The molecular weight excluding hydrogens is 835 g/mol. The molecule has 0 atom stereocenters. The van der Waals surface area contributed by atoms with E-state index in [9.17, 15) is 9.59 Å². The van der Waals surface area contributed by atoms with Crippen LogP contribution in [-0.4, -0.2) is 59.2 Å². The molecule has 4 heterocycles. The molecule has 9 nitrogen and oxygen atoms in total. The number of hydrogen-bond acceptors (Lipinski definition) is 10. The summed E-state index contributed by atoms with van der Waals surface area (Å²) in [5.41, 5.74) is 8.38. The summed E-state index contributed by atoms with van der Waals surface area (Å²) in [4.78, 5) is 40.9. The van der Waals surface area contributed by atoms with Gasteiger partial charge in [-0.05, 0) is 111 Å². The van der Waals surface area contributed by atoms with Crippen LogP contribution in [0.1, 0.15) is 53.5 Å². The summed E-state index contributed by atoms with van der Waals surface area (Å²) >= 11 is 10.2. The molecule has 270 valence electrons. The van der Waals surface area contributed by atoms with Gasteiger partial charge in [-0.3, -0.25) is 24.7 Å². The molecule has 0 saturated heterocycles. The number of benzene rings is 2. The van der Waals surface area contributed by atoms with Gasteiger partial charge in [0, 0.05) is 53.9 Å². The summed E-state index contributed by atoms with van der Waals surface area (Å²) in [5, 5.41) is 0. The molecule has 0 N–H and O–H groups in total. The van der Waals surface area contributed by atoms with Crippen molar-refractivity contribution in [2.45, 2.75) is 34.0 Å². The Balaban J connectivity index is 0.000000780. The summed E-state index contributed by atoms with van der Waals surface area (Å²) < 4.78 is 22.5. The molecular formula is C39H43Br2KN4O5S. The zero-order valence-electron chi connectivity index (χ0n) is 31.1. The molecule has 0 unspecified atom stereocenters. The number of methoxy groups -OCH3 is 3. The van der Waals surface area contributed by atoms with E-state index in [4.69, 9.17) is 10.8 Å². The quantitative estimate of drug-likeness (QED) is 0.0785. The van der Waals surface area contributed by atoms with Gasteiger partial charge < -0.3 is 15.6 Å². The van der Waals surface area contributed by atoms with Crippen LogP contribution in [0.5, 0.6) is 0 Å². The first-order valence-corrected chi connectivity index (χ1v) is 17.3. The molecule has 6 aromatic rings. The topological polar surface area (TPSA) is 113 Å². The molecule has 0 bridgehead atoms. The van der Waals surface area contributed by atoms with Crippen LogP contribution in [0, 0.1) is 6.92 Å². The molecule has 0 amide bonds. The summed E-state index contributed by atoms with van der Waals surface area (Å²) in [7, 11) is 4.62. The zero-order chi connectivity index (χ0) is 37.2. The summed E-state index contributed by atoms with van der Waals surface area (Å²) in [6.07, 6.45) is 3.97. The van der Waals surface area contributed by atoms with Gasteiger partial charge in [-0.1, -0.05) is 37.8 Å². The van der Waals surface area contributed by atoms with E-state index in [-0.39, 0.29) is 84.6 Å². The van der Waals surface area contributed by atoms with Crippen LogP contribution in [-0.2, 0) is 33.8 Å². The number of hydrogen-bond donors (Lipinski definition) is 1. The van der Waals surface area contributed by atoms with Gasteiger partial charge in [-0.2, -0.15) is 12.6 Å². The number of aromatic nitrogens is 4. The Morgan fingerprint density at radius 3 is 1.79 bits per heavy atom. The third-order valence-corrected chi connectivity index (χ3v) is 7.63. The Bertz CT molecular complexity index is 2030. The molecule has 0 radical (unpaired) electrons. The van der Waals surface area contributed by atoms with Gasteiger partial charge in [0.2, 0.25) is 0 Å². The van der Waals surface area contributed by atoms with Crippen molar-refractivity contribution in [3.05, 3.63) is 140 Å². The van der Waals surface area contributed by atoms with Crippen molar-refractivity contribution in [3.8, 4) is 0 Å². The Morgan fingerprint density at radius 2 is 1.25 bits per heavy atom. The van der Waals surface area contributed by atoms with Crippen molar-refractivity contribution in [2.24, 2.45) is 0 Å². The molecule has 0 aliphatic rings. The largest absolute Gasteiger partial charge is 1.00 e. The van der Waals surface area contributed by atoms with E-state index in [2.05, 4.69) is 69.2 Å². The van der Waals surface area contributed by atoms with Gasteiger partial charge in [0.25, 0.3) is 0 Å².